The van der Waals surface area contributed by atoms with Crippen LogP contribution in [-0.2, 0) is 0 Å². The van der Waals surface area contributed by atoms with Gasteiger partial charge in [-0.3, -0.25) is 4.98 Å². The highest BCUT2D eigenvalue weighted by molar-refractivity contribution is 5.88. The number of nitrogens with zero attached hydrogens (tertiary/aromatic N) is 2. The number of carbonyl (C=O) groups is 1. The average Bonchev–Trinajstić information content (AvgIpc) is 2.32. The minimum atomic E-state index is -0.965. The van der Waals surface area contributed by atoms with Gasteiger partial charge in [0.15, 0.2) is 0 Å². The van der Waals surface area contributed by atoms with E-state index >= 15 is 0 Å². The van der Waals surface area contributed by atoms with E-state index in [9.17, 15) is 4.79 Å². The first kappa shape index (κ1) is 13.0. The van der Waals surface area contributed by atoms with Gasteiger partial charge in [-0.25, -0.2) is 9.78 Å². The third-order valence-electron chi connectivity index (χ3n) is 2.69. The van der Waals surface area contributed by atoms with Gasteiger partial charge in [-0.05, 0) is 45.0 Å². The minimum absolute atomic E-state index is 0.215. The molecule has 0 aliphatic heterocycles. The summed E-state index contributed by atoms with van der Waals surface area (Å²) in [5, 5.41) is 12.1. The first-order chi connectivity index (χ1) is 8.95. The third-order valence-corrected chi connectivity index (χ3v) is 2.69. The van der Waals surface area contributed by atoms with E-state index in [-0.39, 0.29) is 5.56 Å². The maximum Gasteiger partial charge on any atom is 0.335 e. The molecule has 5 nitrogen and oxygen atoms in total. The van der Waals surface area contributed by atoms with E-state index in [4.69, 9.17) is 5.11 Å². The average molecular weight is 257 g/mol. The van der Waals surface area contributed by atoms with Gasteiger partial charge in [-0.15, -0.1) is 0 Å². The monoisotopic (exact) mass is 257 g/mol. The fourth-order valence-electron chi connectivity index (χ4n) is 1.81. The second-order valence-corrected chi connectivity index (χ2v) is 4.40. The third kappa shape index (κ3) is 3.07. The lowest BCUT2D eigenvalue weighted by atomic mass is 10.2. The molecule has 2 heterocycles. The molecule has 0 bridgehead atoms. The van der Waals surface area contributed by atoms with Crippen molar-refractivity contribution in [1.82, 2.24) is 9.97 Å². The molecule has 0 saturated heterocycles. The smallest absolute Gasteiger partial charge is 0.335 e. The van der Waals surface area contributed by atoms with E-state index < -0.39 is 5.97 Å². The fourth-order valence-corrected chi connectivity index (χ4v) is 1.81. The molecule has 0 atom stereocenters. The van der Waals surface area contributed by atoms with Crippen molar-refractivity contribution >= 4 is 17.5 Å². The summed E-state index contributed by atoms with van der Waals surface area (Å²) in [4.78, 5) is 19.6. The Kier molecular flexibility index (Phi) is 3.46. The fraction of sp³-hybridized carbons (Fsp3) is 0.214. The summed E-state index contributed by atoms with van der Waals surface area (Å²) in [6.45, 7) is 5.57. The normalized spacial score (nSPS) is 10.3. The van der Waals surface area contributed by atoms with Crippen LogP contribution in [0.5, 0.6) is 0 Å². The lowest BCUT2D eigenvalue weighted by Gasteiger charge is -2.10. The standard InChI is InChI=1S/C14H15N3O2/c1-8-4-5-12(10(3)15-8)17-13-7-11(14(18)19)6-9(2)16-13/h4-7H,1-3H3,(H,16,17)(H,18,19). The first-order valence-electron chi connectivity index (χ1n) is 5.89. The van der Waals surface area contributed by atoms with Gasteiger partial charge in [0, 0.05) is 11.4 Å². The predicted octanol–water partition coefficient (Wildman–Crippen LogP) is 2.84. The SMILES string of the molecule is Cc1cc(C(=O)O)cc(Nc2ccc(C)nc2C)n1. The van der Waals surface area contributed by atoms with Crippen LogP contribution < -0.4 is 5.32 Å². The summed E-state index contributed by atoms with van der Waals surface area (Å²) in [6.07, 6.45) is 0. The molecule has 5 heteroatoms. The number of nitrogens with one attached hydrogen (secondary N) is 1. The number of aromatic carboxylic acids is 1. The van der Waals surface area contributed by atoms with Gasteiger partial charge in [0.2, 0.25) is 0 Å². The number of aromatic nitrogens is 2. The van der Waals surface area contributed by atoms with Gasteiger partial charge in [-0.2, -0.15) is 0 Å². The van der Waals surface area contributed by atoms with Gasteiger partial charge < -0.3 is 10.4 Å². The number of hydrogen-bond donors (Lipinski definition) is 2. The van der Waals surface area contributed by atoms with Crippen molar-refractivity contribution in [3.63, 3.8) is 0 Å². The van der Waals surface area contributed by atoms with Gasteiger partial charge in [0.25, 0.3) is 0 Å². The van der Waals surface area contributed by atoms with Crippen LogP contribution in [-0.4, -0.2) is 21.0 Å². The van der Waals surface area contributed by atoms with Crippen LogP contribution in [0.3, 0.4) is 0 Å². The molecule has 0 saturated carbocycles. The molecule has 2 aromatic rings. The largest absolute Gasteiger partial charge is 0.478 e. The molecule has 0 amide bonds. The van der Waals surface area contributed by atoms with Crippen LogP contribution in [0.1, 0.15) is 27.4 Å². The maximum absolute atomic E-state index is 11.0. The van der Waals surface area contributed by atoms with Crippen LogP contribution in [0.4, 0.5) is 11.5 Å². The molecule has 0 unspecified atom stereocenters. The van der Waals surface area contributed by atoms with Gasteiger partial charge in [-0.1, -0.05) is 0 Å². The van der Waals surface area contributed by atoms with E-state index in [2.05, 4.69) is 15.3 Å². The molecule has 0 aromatic carbocycles. The Hall–Kier alpha value is -2.43. The van der Waals surface area contributed by atoms with Crippen molar-refractivity contribution in [2.75, 3.05) is 5.32 Å². The van der Waals surface area contributed by atoms with Crippen LogP contribution in [0.15, 0.2) is 24.3 Å². The van der Waals surface area contributed by atoms with Crippen LogP contribution in [0, 0.1) is 20.8 Å². The van der Waals surface area contributed by atoms with Crippen molar-refractivity contribution in [1.29, 1.82) is 0 Å². The van der Waals surface area contributed by atoms with Gasteiger partial charge in [0.05, 0.1) is 16.9 Å². The number of carboxylic acids is 1. The topological polar surface area (TPSA) is 75.1 Å². The number of hydrogen-bond acceptors (Lipinski definition) is 4. The summed E-state index contributed by atoms with van der Waals surface area (Å²) in [7, 11) is 0. The quantitative estimate of drug-likeness (QED) is 0.884. The van der Waals surface area contributed by atoms with Crippen LogP contribution >= 0.6 is 0 Å². The number of anilines is 2. The minimum Gasteiger partial charge on any atom is -0.478 e. The summed E-state index contributed by atoms with van der Waals surface area (Å²) in [6, 6.07) is 6.84. The molecule has 2 rings (SSSR count). The Bertz CT molecular complexity index is 639. The van der Waals surface area contributed by atoms with Gasteiger partial charge >= 0.3 is 5.97 Å². The Balaban J connectivity index is 2.35. The number of rotatable bonds is 3. The van der Waals surface area contributed by atoms with Crippen molar-refractivity contribution in [3.05, 3.63) is 46.9 Å². The van der Waals surface area contributed by atoms with Crippen molar-refractivity contribution in [2.24, 2.45) is 0 Å². The van der Waals surface area contributed by atoms with Crippen molar-refractivity contribution < 1.29 is 9.90 Å². The first-order valence-corrected chi connectivity index (χ1v) is 5.89. The highest BCUT2D eigenvalue weighted by atomic mass is 16.4. The van der Waals surface area contributed by atoms with E-state index in [1.807, 2.05) is 26.0 Å². The predicted molar refractivity (Wildman–Crippen MR) is 72.9 cm³/mol. The highest BCUT2D eigenvalue weighted by Crippen LogP contribution is 2.19. The molecule has 98 valence electrons. The zero-order valence-corrected chi connectivity index (χ0v) is 11.1. The second-order valence-electron chi connectivity index (χ2n) is 4.40. The summed E-state index contributed by atoms with van der Waals surface area (Å²) < 4.78 is 0. The molecule has 0 aliphatic carbocycles. The number of aryl methyl sites for hydroxylation is 3. The summed E-state index contributed by atoms with van der Waals surface area (Å²) in [5.74, 6) is -0.460. The Morgan fingerprint density at radius 3 is 2.47 bits per heavy atom. The van der Waals surface area contributed by atoms with Gasteiger partial charge in [0.1, 0.15) is 5.82 Å². The van der Waals surface area contributed by atoms with E-state index in [0.29, 0.717) is 11.5 Å². The zero-order chi connectivity index (χ0) is 14.0. The zero-order valence-electron chi connectivity index (χ0n) is 11.1. The van der Waals surface area contributed by atoms with E-state index in [1.54, 1.807) is 6.92 Å². The maximum atomic E-state index is 11.0. The molecular weight excluding hydrogens is 242 g/mol. The molecule has 0 radical (unpaired) electrons. The second kappa shape index (κ2) is 5.06. The molecule has 0 aliphatic rings. The van der Waals surface area contributed by atoms with Crippen LogP contribution in [0.2, 0.25) is 0 Å². The molecular formula is C14H15N3O2. The van der Waals surface area contributed by atoms with Crippen LogP contribution in [0.25, 0.3) is 0 Å². The summed E-state index contributed by atoms with van der Waals surface area (Å²) in [5.41, 5.74) is 3.47. The summed E-state index contributed by atoms with van der Waals surface area (Å²) >= 11 is 0. The number of pyridine rings is 2. The van der Waals surface area contributed by atoms with E-state index in [1.165, 1.54) is 12.1 Å². The molecule has 0 spiro atoms. The molecule has 19 heavy (non-hydrogen) atoms. The number of carboxylic acid groups (broad SMARTS) is 1. The lowest BCUT2D eigenvalue weighted by molar-refractivity contribution is 0.0696. The molecule has 0 fully saturated rings. The Morgan fingerprint density at radius 2 is 1.84 bits per heavy atom. The molecule has 2 aromatic heterocycles. The Labute approximate surface area is 111 Å². The highest BCUT2D eigenvalue weighted by Gasteiger charge is 2.08. The Morgan fingerprint density at radius 1 is 1.11 bits per heavy atom. The van der Waals surface area contributed by atoms with Crippen molar-refractivity contribution in [2.45, 2.75) is 20.8 Å². The lowest BCUT2D eigenvalue weighted by Crippen LogP contribution is -2.03. The van der Waals surface area contributed by atoms with Crippen molar-refractivity contribution in [3.8, 4) is 0 Å². The van der Waals surface area contributed by atoms with E-state index in [0.717, 1.165) is 17.1 Å². The molecule has 2 N–H and O–H groups in total.